The van der Waals surface area contributed by atoms with Gasteiger partial charge in [0.1, 0.15) is 18.2 Å². The monoisotopic (exact) mass is 408 g/mol. The molecule has 5 nitrogen and oxygen atoms in total. The molecule has 0 amide bonds. The van der Waals surface area contributed by atoms with Crippen LogP contribution in [0.1, 0.15) is 26.5 Å². The average Bonchev–Trinajstić information content (AvgIpc) is 3.16. The van der Waals surface area contributed by atoms with E-state index in [0.29, 0.717) is 17.6 Å². The number of hydrogen-bond acceptors (Lipinski definition) is 5. The largest absolute Gasteiger partial charge is 0.432 e. The van der Waals surface area contributed by atoms with Gasteiger partial charge in [-0.25, -0.2) is 0 Å². The van der Waals surface area contributed by atoms with E-state index in [1.165, 1.54) is 16.6 Å². The van der Waals surface area contributed by atoms with Crippen LogP contribution in [0.5, 0.6) is 0 Å². The molecule has 6 heteroatoms. The van der Waals surface area contributed by atoms with Crippen LogP contribution in [0.3, 0.4) is 0 Å². The van der Waals surface area contributed by atoms with E-state index < -0.39 is 9.04 Å². The summed E-state index contributed by atoms with van der Waals surface area (Å²) in [6.45, 7) is 7.45. The van der Waals surface area contributed by atoms with Crippen LogP contribution in [-0.2, 0) is 11.0 Å². The van der Waals surface area contributed by atoms with Crippen molar-refractivity contribution in [2.45, 2.75) is 33.6 Å². The lowest BCUT2D eigenvalue weighted by Crippen LogP contribution is -2.65. The summed E-state index contributed by atoms with van der Waals surface area (Å²) in [7, 11) is -1.91. The Hall–Kier alpha value is -2.41. The first kappa shape index (κ1) is 19.9. The number of rotatable bonds is 6. The molecular formula is C23H28N2O3Si. The van der Waals surface area contributed by atoms with Gasteiger partial charge in [0.25, 0.3) is 6.01 Å². The third-order valence-corrected chi connectivity index (χ3v) is 8.12. The summed E-state index contributed by atoms with van der Waals surface area (Å²) < 4.78 is 12.5. The van der Waals surface area contributed by atoms with Crippen molar-refractivity contribution >= 4 is 25.4 Å². The molecule has 1 aliphatic heterocycles. The van der Waals surface area contributed by atoms with Crippen LogP contribution in [-0.4, -0.2) is 31.9 Å². The normalized spacial score (nSPS) is 19.4. The molecule has 2 atom stereocenters. The van der Waals surface area contributed by atoms with E-state index in [9.17, 15) is 5.11 Å². The number of oxazole rings is 1. The molecule has 4 rings (SSSR count). The van der Waals surface area contributed by atoms with Crippen molar-refractivity contribution < 1.29 is 13.9 Å². The van der Waals surface area contributed by atoms with Crippen molar-refractivity contribution in [1.82, 2.24) is 4.98 Å². The first-order chi connectivity index (χ1) is 14.0. The van der Waals surface area contributed by atoms with Crippen LogP contribution >= 0.6 is 0 Å². The number of aliphatic hydroxyl groups is 1. The van der Waals surface area contributed by atoms with Gasteiger partial charge in [0.2, 0.25) is 9.04 Å². The number of benzene rings is 2. The second kappa shape index (κ2) is 8.14. The zero-order chi connectivity index (χ0) is 20.4. The maximum absolute atomic E-state index is 9.35. The van der Waals surface area contributed by atoms with E-state index in [-0.39, 0.29) is 18.2 Å². The summed E-state index contributed by atoms with van der Waals surface area (Å²) in [4.78, 5) is 6.50. The highest BCUT2D eigenvalue weighted by atomic mass is 28.3. The molecule has 1 fully saturated rings. The van der Waals surface area contributed by atoms with Gasteiger partial charge in [0.05, 0.1) is 6.61 Å². The Bertz CT molecular complexity index is 885. The van der Waals surface area contributed by atoms with Gasteiger partial charge < -0.3 is 18.8 Å². The lowest BCUT2D eigenvalue weighted by molar-refractivity contribution is 0.000403. The molecule has 1 saturated heterocycles. The first-order valence-corrected chi connectivity index (χ1v) is 11.7. The van der Waals surface area contributed by atoms with E-state index in [1.807, 2.05) is 12.1 Å². The van der Waals surface area contributed by atoms with Crippen molar-refractivity contribution in [3.8, 4) is 0 Å². The number of anilines is 1. The maximum atomic E-state index is 9.35. The Morgan fingerprint density at radius 3 is 2.14 bits per heavy atom. The Morgan fingerprint density at radius 2 is 1.66 bits per heavy atom. The van der Waals surface area contributed by atoms with Gasteiger partial charge in [-0.15, -0.1) is 0 Å². The lowest BCUT2D eigenvalue weighted by Gasteiger charge is -2.53. The number of hydrogen-bond donors (Lipinski definition) is 1. The SMILES string of the molecule is CC(C)(C)C1CN(c2nc(CO)co2)C1O[SiH](c1ccccc1)c1ccccc1. The van der Waals surface area contributed by atoms with Gasteiger partial charge in [-0.3, -0.25) is 0 Å². The molecule has 1 aromatic heterocycles. The van der Waals surface area contributed by atoms with E-state index in [4.69, 9.17) is 8.84 Å². The number of aliphatic hydroxyl groups excluding tert-OH is 1. The van der Waals surface area contributed by atoms with Crippen LogP contribution in [0.25, 0.3) is 0 Å². The number of aromatic nitrogens is 1. The van der Waals surface area contributed by atoms with E-state index >= 15 is 0 Å². The summed E-state index contributed by atoms with van der Waals surface area (Å²) in [6, 6.07) is 21.5. The smallest absolute Gasteiger partial charge is 0.299 e. The molecular weight excluding hydrogens is 380 g/mol. The second-order valence-electron chi connectivity index (χ2n) is 8.63. The van der Waals surface area contributed by atoms with Crippen molar-refractivity contribution in [3.63, 3.8) is 0 Å². The predicted octanol–water partition coefficient (Wildman–Crippen LogP) is 2.53. The standard InChI is InChI=1S/C23H28N2O3Si/c1-23(2,3)20-14-25(22-24-17(15-26)16-27-22)21(20)28-29(18-10-6-4-7-11-18)19-12-8-5-9-13-19/h4-13,16,20-21,26,29H,14-15H2,1-3H3. The van der Waals surface area contributed by atoms with E-state index in [0.717, 1.165) is 6.54 Å². The van der Waals surface area contributed by atoms with Crippen LogP contribution in [0.2, 0.25) is 0 Å². The fourth-order valence-electron chi connectivity index (χ4n) is 3.79. The minimum atomic E-state index is -1.91. The van der Waals surface area contributed by atoms with Crippen LogP contribution in [0, 0.1) is 11.3 Å². The molecule has 152 valence electrons. The topological polar surface area (TPSA) is 58.7 Å². The molecule has 0 spiro atoms. The van der Waals surface area contributed by atoms with Gasteiger partial charge in [-0.2, -0.15) is 4.98 Å². The minimum Gasteiger partial charge on any atom is -0.432 e. The molecule has 1 N–H and O–H groups in total. The maximum Gasteiger partial charge on any atom is 0.299 e. The third-order valence-electron chi connectivity index (χ3n) is 5.58. The quantitative estimate of drug-likeness (QED) is 0.635. The molecule has 0 radical (unpaired) electrons. The van der Waals surface area contributed by atoms with Crippen molar-refractivity contribution in [1.29, 1.82) is 0 Å². The molecule has 0 bridgehead atoms. The Kier molecular flexibility index (Phi) is 5.58. The molecule has 2 aromatic carbocycles. The van der Waals surface area contributed by atoms with Crippen molar-refractivity contribution in [3.05, 3.63) is 72.6 Å². The highest BCUT2D eigenvalue weighted by Gasteiger charge is 2.49. The zero-order valence-electron chi connectivity index (χ0n) is 17.2. The molecule has 1 aliphatic rings. The van der Waals surface area contributed by atoms with E-state index in [1.54, 1.807) is 0 Å². The average molecular weight is 409 g/mol. The highest BCUT2D eigenvalue weighted by molar-refractivity contribution is 6.80. The lowest BCUT2D eigenvalue weighted by atomic mass is 9.74. The molecule has 2 unspecified atom stereocenters. The minimum absolute atomic E-state index is 0.0971. The predicted molar refractivity (Wildman–Crippen MR) is 117 cm³/mol. The van der Waals surface area contributed by atoms with Gasteiger partial charge in [-0.05, 0) is 15.8 Å². The van der Waals surface area contributed by atoms with Crippen molar-refractivity contribution in [2.24, 2.45) is 11.3 Å². The molecule has 0 saturated carbocycles. The summed E-state index contributed by atoms with van der Waals surface area (Å²) in [5, 5.41) is 11.9. The van der Waals surface area contributed by atoms with Gasteiger partial charge >= 0.3 is 0 Å². The number of nitrogens with zero attached hydrogens (tertiary/aromatic N) is 2. The summed E-state index contributed by atoms with van der Waals surface area (Å²) in [6.07, 6.45) is 1.40. The molecule has 29 heavy (non-hydrogen) atoms. The van der Waals surface area contributed by atoms with Gasteiger partial charge in [0, 0.05) is 12.5 Å². The van der Waals surface area contributed by atoms with Gasteiger partial charge in [0.15, 0.2) is 0 Å². The Labute approximate surface area is 173 Å². The summed E-state index contributed by atoms with van der Waals surface area (Å²) >= 11 is 0. The van der Waals surface area contributed by atoms with Gasteiger partial charge in [-0.1, -0.05) is 81.4 Å². The third kappa shape index (κ3) is 4.15. The first-order valence-electron chi connectivity index (χ1n) is 10.0. The summed E-state index contributed by atoms with van der Waals surface area (Å²) in [5.41, 5.74) is 0.637. The second-order valence-corrected chi connectivity index (χ2v) is 11.0. The summed E-state index contributed by atoms with van der Waals surface area (Å²) in [5.74, 6) is 0.356. The Morgan fingerprint density at radius 1 is 1.07 bits per heavy atom. The molecule has 3 aromatic rings. The van der Waals surface area contributed by atoms with Crippen LogP contribution < -0.4 is 15.3 Å². The molecule has 2 heterocycles. The fraction of sp³-hybridized carbons (Fsp3) is 0.348. The zero-order valence-corrected chi connectivity index (χ0v) is 18.3. The van der Waals surface area contributed by atoms with Crippen LogP contribution in [0.15, 0.2) is 71.3 Å². The Balaban J connectivity index is 1.67. The molecule has 0 aliphatic carbocycles. The fourth-order valence-corrected chi connectivity index (χ4v) is 6.25. The van der Waals surface area contributed by atoms with Crippen molar-refractivity contribution in [2.75, 3.05) is 11.4 Å². The van der Waals surface area contributed by atoms with Crippen LogP contribution in [0.4, 0.5) is 6.01 Å². The highest BCUT2D eigenvalue weighted by Crippen LogP contribution is 2.42. The van der Waals surface area contributed by atoms with E-state index in [2.05, 4.69) is 79.2 Å².